The van der Waals surface area contributed by atoms with Crippen molar-refractivity contribution >= 4 is 15.9 Å². The van der Waals surface area contributed by atoms with Crippen LogP contribution in [0.25, 0.3) is 0 Å². The third-order valence-corrected chi connectivity index (χ3v) is 2.94. The van der Waals surface area contributed by atoms with Gasteiger partial charge in [-0.15, -0.1) is 0 Å². The van der Waals surface area contributed by atoms with Crippen LogP contribution in [0.1, 0.15) is 12.8 Å². The zero-order valence-electron chi connectivity index (χ0n) is 7.77. The van der Waals surface area contributed by atoms with Crippen molar-refractivity contribution in [2.75, 3.05) is 12.3 Å². The van der Waals surface area contributed by atoms with E-state index in [0.29, 0.717) is 13.0 Å². The molecular formula is C7H15N3O3S. The predicted octanol–water partition coefficient (Wildman–Crippen LogP) is -1.87. The lowest BCUT2D eigenvalue weighted by Crippen LogP contribution is -2.30. The van der Waals surface area contributed by atoms with Gasteiger partial charge in [0.15, 0.2) is 0 Å². The van der Waals surface area contributed by atoms with Crippen molar-refractivity contribution in [2.45, 2.75) is 18.9 Å². The summed E-state index contributed by atoms with van der Waals surface area (Å²) in [7, 11) is -3.41. The first-order valence-corrected chi connectivity index (χ1v) is 6.15. The van der Waals surface area contributed by atoms with Crippen LogP contribution >= 0.6 is 0 Å². The predicted molar refractivity (Wildman–Crippen MR) is 51.7 cm³/mol. The van der Waals surface area contributed by atoms with Gasteiger partial charge < -0.3 is 11.1 Å². The number of carbonyl (C=O) groups is 1. The van der Waals surface area contributed by atoms with Crippen LogP contribution in [-0.2, 0) is 14.8 Å². The van der Waals surface area contributed by atoms with Crippen LogP contribution in [0.2, 0.25) is 0 Å². The average Bonchev–Trinajstić information content (AvgIpc) is 2.74. The quantitative estimate of drug-likeness (QED) is 0.471. The third kappa shape index (κ3) is 4.03. The molecule has 0 saturated heterocycles. The number of rotatable bonds is 5. The van der Waals surface area contributed by atoms with Gasteiger partial charge in [-0.3, -0.25) is 4.79 Å². The molecule has 0 heterocycles. The highest BCUT2D eigenvalue weighted by Gasteiger charge is 2.39. The lowest BCUT2D eigenvalue weighted by molar-refractivity contribution is -0.122. The van der Waals surface area contributed by atoms with Crippen molar-refractivity contribution in [3.05, 3.63) is 0 Å². The van der Waals surface area contributed by atoms with E-state index in [1.165, 1.54) is 0 Å². The molecule has 7 heteroatoms. The molecule has 82 valence electrons. The van der Waals surface area contributed by atoms with Gasteiger partial charge in [-0.05, 0) is 12.8 Å². The first kappa shape index (κ1) is 11.4. The number of primary sulfonamides is 1. The van der Waals surface area contributed by atoms with Crippen LogP contribution in [0.4, 0.5) is 0 Å². The summed E-state index contributed by atoms with van der Waals surface area (Å²) >= 11 is 0. The van der Waals surface area contributed by atoms with Crippen molar-refractivity contribution < 1.29 is 13.2 Å². The minimum absolute atomic E-state index is 0.0201. The van der Waals surface area contributed by atoms with Gasteiger partial charge in [0.1, 0.15) is 0 Å². The number of hydrogen-bond donors (Lipinski definition) is 3. The molecular weight excluding hydrogens is 206 g/mol. The molecule has 5 N–H and O–H groups in total. The second-order valence-electron chi connectivity index (χ2n) is 3.52. The van der Waals surface area contributed by atoms with Crippen LogP contribution in [0, 0.1) is 5.92 Å². The highest BCUT2D eigenvalue weighted by atomic mass is 32.2. The second kappa shape index (κ2) is 4.24. The summed E-state index contributed by atoms with van der Waals surface area (Å²) in [6, 6.07) is -0.0201. The standard InChI is InChI=1S/C7H15N3O3S/c8-6-4-5(6)7(11)10-2-1-3-14(9,12)13/h5-6H,1-4,8H2,(H,10,11)(H2,9,12,13). The maximum atomic E-state index is 11.2. The highest BCUT2D eigenvalue weighted by Crippen LogP contribution is 2.27. The Morgan fingerprint density at radius 2 is 2.07 bits per heavy atom. The third-order valence-electron chi connectivity index (χ3n) is 2.08. The number of nitrogens with one attached hydrogen (secondary N) is 1. The number of carbonyl (C=O) groups excluding carboxylic acids is 1. The van der Waals surface area contributed by atoms with Crippen molar-refractivity contribution in [2.24, 2.45) is 16.8 Å². The van der Waals surface area contributed by atoms with Crippen LogP contribution in [0.5, 0.6) is 0 Å². The van der Waals surface area contributed by atoms with Crippen molar-refractivity contribution in [1.29, 1.82) is 0 Å². The number of hydrogen-bond acceptors (Lipinski definition) is 4. The van der Waals surface area contributed by atoms with E-state index in [0.717, 1.165) is 6.42 Å². The fourth-order valence-electron chi connectivity index (χ4n) is 1.13. The molecule has 1 fully saturated rings. The Balaban J connectivity index is 2.07. The van der Waals surface area contributed by atoms with Crippen LogP contribution < -0.4 is 16.2 Å². The molecule has 1 amide bonds. The van der Waals surface area contributed by atoms with Gasteiger partial charge in [0.2, 0.25) is 15.9 Å². The second-order valence-corrected chi connectivity index (χ2v) is 5.25. The summed E-state index contributed by atoms with van der Waals surface area (Å²) in [6.45, 7) is 0.332. The normalized spacial score (nSPS) is 25.9. The van der Waals surface area contributed by atoms with E-state index in [2.05, 4.69) is 5.32 Å². The summed E-state index contributed by atoms with van der Waals surface area (Å²) in [5.41, 5.74) is 5.46. The Labute approximate surface area is 83.1 Å². The minimum Gasteiger partial charge on any atom is -0.356 e. The largest absolute Gasteiger partial charge is 0.356 e. The average molecular weight is 221 g/mol. The Morgan fingerprint density at radius 3 is 2.50 bits per heavy atom. The number of nitrogens with two attached hydrogens (primary N) is 2. The lowest BCUT2D eigenvalue weighted by atomic mass is 10.3. The summed E-state index contributed by atoms with van der Waals surface area (Å²) in [6.07, 6.45) is 1.06. The molecule has 6 nitrogen and oxygen atoms in total. The monoisotopic (exact) mass is 221 g/mol. The van der Waals surface area contributed by atoms with Crippen molar-refractivity contribution in [3.63, 3.8) is 0 Å². The van der Waals surface area contributed by atoms with E-state index in [9.17, 15) is 13.2 Å². The van der Waals surface area contributed by atoms with Crippen LogP contribution in [-0.4, -0.2) is 32.7 Å². The highest BCUT2D eigenvalue weighted by molar-refractivity contribution is 7.89. The van der Waals surface area contributed by atoms with Gasteiger partial charge in [0, 0.05) is 12.6 Å². The van der Waals surface area contributed by atoms with Crippen LogP contribution in [0.15, 0.2) is 0 Å². The van der Waals surface area contributed by atoms with Crippen LogP contribution in [0.3, 0.4) is 0 Å². The topological polar surface area (TPSA) is 115 Å². The van der Waals surface area contributed by atoms with Crippen molar-refractivity contribution in [3.8, 4) is 0 Å². The molecule has 1 rings (SSSR count). The van der Waals surface area contributed by atoms with E-state index in [4.69, 9.17) is 10.9 Å². The molecule has 0 bridgehead atoms. The molecule has 2 unspecified atom stereocenters. The first-order chi connectivity index (χ1) is 6.40. The Kier molecular flexibility index (Phi) is 3.46. The van der Waals surface area contributed by atoms with Gasteiger partial charge in [0.25, 0.3) is 0 Å². The fraction of sp³-hybridized carbons (Fsp3) is 0.857. The molecule has 0 spiro atoms. The smallest absolute Gasteiger partial charge is 0.224 e. The Hall–Kier alpha value is -0.660. The van der Waals surface area contributed by atoms with E-state index in [-0.39, 0.29) is 23.6 Å². The lowest BCUT2D eigenvalue weighted by Gasteiger charge is -2.02. The molecule has 1 aliphatic rings. The maximum Gasteiger partial charge on any atom is 0.224 e. The molecule has 0 aromatic carbocycles. The zero-order valence-corrected chi connectivity index (χ0v) is 8.59. The molecule has 1 saturated carbocycles. The molecule has 0 aromatic heterocycles. The van der Waals surface area contributed by atoms with Gasteiger partial charge >= 0.3 is 0 Å². The van der Waals surface area contributed by atoms with E-state index < -0.39 is 10.0 Å². The number of sulfonamides is 1. The molecule has 14 heavy (non-hydrogen) atoms. The molecule has 2 atom stereocenters. The molecule has 0 radical (unpaired) electrons. The van der Waals surface area contributed by atoms with E-state index in [1.807, 2.05) is 0 Å². The van der Waals surface area contributed by atoms with Gasteiger partial charge in [-0.2, -0.15) is 0 Å². The maximum absolute atomic E-state index is 11.2. The van der Waals surface area contributed by atoms with Crippen molar-refractivity contribution in [1.82, 2.24) is 5.32 Å². The molecule has 0 aliphatic heterocycles. The van der Waals surface area contributed by atoms with Gasteiger partial charge in [0.05, 0.1) is 11.7 Å². The zero-order chi connectivity index (χ0) is 10.8. The minimum atomic E-state index is -3.41. The Bertz CT molecular complexity index is 314. The van der Waals surface area contributed by atoms with E-state index in [1.54, 1.807) is 0 Å². The SMILES string of the molecule is NC1CC1C(=O)NCCCS(N)(=O)=O. The number of amides is 1. The fourth-order valence-corrected chi connectivity index (χ4v) is 1.68. The van der Waals surface area contributed by atoms with E-state index >= 15 is 0 Å². The van der Waals surface area contributed by atoms with Gasteiger partial charge in [-0.1, -0.05) is 0 Å². The summed E-state index contributed by atoms with van der Waals surface area (Å²) in [5, 5.41) is 7.39. The summed E-state index contributed by atoms with van der Waals surface area (Å²) < 4.78 is 21.0. The molecule has 1 aliphatic carbocycles. The Morgan fingerprint density at radius 1 is 1.50 bits per heavy atom. The summed E-state index contributed by atoms with van der Waals surface area (Å²) in [4.78, 5) is 11.2. The first-order valence-electron chi connectivity index (χ1n) is 4.44. The van der Waals surface area contributed by atoms with Gasteiger partial charge in [-0.25, -0.2) is 13.6 Å². The molecule has 0 aromatic rings. The summed E-state index contributed by atoms with van der Waals surface area (Å²) in [5.74, 6) is -0.277.